The van der Waals surface area contributed by atoms with Crippen LogP contribution >= 0.6 is 0 Å². The van der Waals surface area contributed by atoms with Crippen LogP contribution in [0.1, 0.15) is 45.9 Å². The standard InChI is InChI=1S/C16H27N3O2/c1-12(14-6-5-8-17-14)19-9-7-13(11-19)10-18-15(20)21-16(2,3)4/h5-6,8,12-13,17H,7,9-11H2,1-4H3,(H,18,20)/t12-,13-/m0/s1. The highest BCUT2D eigenvalue weighted by Gasteiger charge is 2.27. The number of ether oxygens (including phenoxy) is 1. The van der Waals surface area contributed by atoms with Crippen molar-refractivity contribution in [2.24, 2.45) is 5.92 Å². The number of alkyl carbamates (subject to hydrolysis) is 1. The first-order valence-corrected chi connectivity index (χ1v) is 7.69. The Bertz CT molecular complexity index is 451. The number of H-pyrrole nitrogens is 1. The molecule has 0 aromatic carbocycles. The van der Waals surface area contributed by atoms with Gasteiger partial charge in [0.05, 0.1) is 0 Å². The maximum absolute atomic E-state index is 11.7. The zero-order chi connectivity index (χ0) is 15.5. The molecule has 1 aromatic heterocycles. The molecule has 1 aliphatic rings. The minimum atomic E-state index is -0.437. The van der Waals surface area contributed by atoms with Gasteiger partial charge in [0, 0.05) is 31.0 Å². The van der Waals surface area contributed by atoms with Crippen molar-refractivity contribution in [1.82, 2.24) is 15.2 Å². The molecule has 0 spiro atoms. The fourth-order valence-corrected chi connectivity index (χ4v) is 2.72. The van der Waals surface area contributed by atoms with E-state index in [1.165, 1.54) is 5.69 Å². The van der Waals surface area contributed by atoms with Crippen LogP contribution < -0.4 is 5.32 Å². The smallest absolute Gasteiger partial charge is 0.407 e. The summed E-state index contributed by atoms with van der Waals surface area (Å²) in [5.74, 6) is 0.495. The highest BCUT2D eigenvalue weighted by molar-refractivity contribution is 5.67. The van der Waals surface area contributed by atoms with Gasteiger partial charge in [0.25, 0.3) is 0 Å². The molecule has 1 aliphatic heterocycles. The van der Waals surface area contributed by atoms with Gasteiger partial charge in [0.1, 0.15) is 5.60 Å². The average Bonchev–Trinajstić information content (AvgIpc) is 3.05. The van der Waals surface area contributed by atoms with Crippen LogP contribution in [-0.2, 0) is 4.74 Å². The molecule has 1 saturated heterocycles. The Kier molecular flexibility index (Phi) is 4.93. The van der Waals surface area contributed by atoms with E-state index in [0.717, 1.165) is 19.5 Å². The van der Waals surface area contributed by atoms with Crippen molar-refractivity contribution < 1.29 is 9.53 Å². The molecule has 1 fully saturated rings. The molecular formula is C16H27N3O2. The molecule has 118 valence electrons. The number of carbonyl (C=O) groups excluding carboxylic acids is 1. The summed E-state index contributed by atoms with van der Waals surface area (Å²) in [5, 5.41) is 2.88. The molecule has 1 amide bonds. The average molecular weight is 293 g/mol. The molecule has 2 rings (SSSR count). The van der Waals surface area contributed by atoms with Crippen LogP contribution in [0.4, 0.5) is 4.79 Å². The number of aromatic nitrogens is 1. The normalized spacial score (nSPS) is 21.2. The largest absolute Gasteiger partial charge is 0.444 e. The maximum atomic E-state index is 11.7. The monoisotopic (exact) mass is 293 g/mol. The van der Waals surface area contributed by atoms with E-state index in [9.17, 15) is 4.79 Å². The Hall–Kier alpha value is -1.49. The van der Waals surface area contributed by atoms with Gasteiger partial charge in [0.2, 0.25) is 0 Å². The van der Waals surface area contributed by atoms with E-state index in [1.54, 1.807) is 0 Å². The van der Waals surface area contributed by atoms with Gasteiger partial charge in [-0.2, -0.15) is 0 Å². The van der Waals surface area contributed by atoms with Crippen LogP contribution in [0, 0.1) is 5.92 Å². The van der Waals surface area contributed by atoms with Crippen LogP contribution in [0.3, 0.4) is 0 Å². The van der Waals surface area contributed by atoms with Crippen molar-refractivity contribution in [2.45, 2.75) is 45.8 Å². The molecule has 0 unspecified atom stereocenters. The number of nitrogens with zero attached hydrogens (tertiary/aromatic N) is 1. The van der Waals surface area contributed by atoms with Crippen molar-refractivity contribution in [3.8, 4) is 0 Å². The molecule has 0 aliphatic carbocycles. The molecule has 2 atom stereocenters. The quantitative estimate of drug-likeness (QED) is 0.897. The van der Waals surface area contributed by atoms with E-state index in [4.69, 9.17) is 4.74 Å². The number of aromatic amines is 1. The highest BCUT2D eigenvalue weighted by Crippen LogP contribution is 2.26. The van der Waals surface area contributed by atoms with Gasteiger partial charge in [-0.1, -0.05) is 0 Å². The summed E-state index contributed by atoms with van der Waals surface area (Å²) in [5.41, 5.74) is 0.809. The lowest BCUT2D eigenvalue weighted by Crippen LogP contribution is -2.36. The molecule has 0 radical (unpaired) electrons. The topological polar surface area (TPSA) is 57.4 Å². The Morgan fingerprint density at radius 3 is 2.95 bits per heavy atom. The molecule has 0 bridgehead atoms. The van der Waals surface area contributed by atoms with Crippen LogP contribution in [0.2, 0.25) is 0 Å². The Labute approximate surface area is 127 Å². The third kappa shape index (κ3) is 4.77. The number of hydrogen-bond acceptors (Lipinski definition) is 3. The molecule has 5 heteroatoms. The SMILES string of the molecule is C[C@@H](c1ccc[nH]1)N1CC[C@@H](CNC(=O)OC(C)(C)C)C1. The fraction of sp³-hybridized carbons (Fsp3) is 0.688. The predicted octanol–water partition coefficient (Wildman–Crippen LogP) is 2.92. The minimum Gasteiger partial charge on any atom is -0.444 e. The van der Waals surface area contributed by atoms with E-state index in [2.05, 4.69) is 28.2 Å². The van der Waals surface area contributed by atoms with Crippen LogP contribution in [0.5, 0.6) is 0 Å². The minimum absolute atomic E-state index is 0.321. The predicted molar refractivity (Wildman–Crippen MR) is 83.1 cm³/mol. The van der Waals surface area contributed by atoms with Crippen molar-refractivity contribution in [3.05, 3.63) is 24.0 Å². The van der Waals surface area contributed by atoms with Gasteiger partial charge in [-0.15, -0.1) is 0 Å². The van der Waals surface area contributed by atoms with Crippen molar-refractivity contribution in [3.63, 3.8) is 0 Å². The lowest BCUT2D eigenvalue weighted by Gasteiger charge is -2.24. The molecule has 0 saturated carbocycles. The number of carbonyl (C=O) groups is 1. The van der Waals surface area contributed by atoms with E-state index < -0.39 is 5.60 Å². The summed E-state index contributed by atoms with van der Waals surface area (Å²) in [6.45, 7) is 10.6. The van der Waals surface area contributed by atoms with Crippen molar-refractivity contribution in [1.29, 1.82) is 0 Å². The molecule has 2 heterocycles. The van der Waals surface area contributed by atoms with Crippen LogP contribution in [0.25, 0.3) is 0 Å². The van der Waals surface area contributed by atoms with Gasteiger partial charge in [-0.05, 0) is 58.7 Å². The number of likely N-dealkylation sites (tertiary alicyclic amines) is 1. The Morgan fingerprint density at radius 2 is 2.33 bits per heavy atom. The number of amides is 1. The lowest BCUT2D eigenvalue weighted by molar-refractivity contribution is 0.0519. The number of nitrogens with one attached hydrogen (secondary N) is 2. The van der Waals surface area contributed by atoms with Crippen molar-refractivity contribution in [2.75, 3.05) is 19.6 Å². The first-order valence-electron chi connectivity index (χ1n) is 7.69. The molecule has 5 nitrogen and oxygen atoms in total. The Morgan fingerprint density at radius 1 is 1.57 bits per heavy atom. The summed E-state index contributed by atoms with van der Waals surface area (Å²) in [6.07, 6.45) is 2.75. The third-order valence-corrected chi connectivity index (χ3v) is 3.87. The Balaban J connectivity index is 1.74. The summed E-state index contributed by atoms with van der Waals surface area (Å²) >= 11 is 0. The van der Waals surface area contributed by atoms with Crippen molar-refractivity contribution >= 4 is 6.09 Å². The summed E-state index contributed by atoms with van der Waals surface area (Å²) in [4.78, 5) is 17.4. The van der Waals surface area contributed by atoms with Crippen LogP contribution in [0.15, 0.2) is 18.3 Å². The first-order chi connectivity index (χ1) is 9.85. The summed E-state index contributed by atoms with van der Waals surface area (Å²) < 4.78 is 5.26. The molecule has 2 N–H and O–H groups in total. The van der Waals surface area contributed by atoms with E-state index in [0.29, 0.717) is 18.5 Å². The number of rotatable bonds is 4. The first kappa shape index (κ1) is 15.9. The van der Waals surface area contributed by atoms with Crippen LogP contribution in [-0.4, -0.2) is 41.2 Å². The van der Waals surface area contributed by atoms with E-state index in [-0.39, 0.29) is 6.09 Å². The second-order valence-electron chi connectivity index (χ2n) is 6.83. The zero-order valence-corrected chi connectivity index (χ0v) is 13.5. The van der Waals surface area contributed by atoms with Gasteiger partial charge < -0.3 is 15.0 Å². The van der Waals surface area contributed by atoms with Gasteiger partial charge in [-0.25, -0.2) is 4.79 Å². The molecule has 1 aromatic rings. The lowest BCUT2D eigenvalue weighted by atomic mass is 10.1. The summed E-state index contributed by atoms with van der Waals surface area (Å²) in [6, 6.07) is 4.55. The van der Waals surface area contributed by atoms with Gasteiger partial charge >= 0.3 is 6.09 Å². The van der Waals surface area contributed by atoms with E-state index >= 15 is 0 Å². The van der Waals surface area contributed by atoms with Gasteiger partial charge in [0.15, 0.2) is 0 Å². The van der Waals surface area contributed by atoms with Gasteiger partial charge in [-0.3, -0.25) is 4.90 Å². The fourth-order valence-electron chi connectivity index (χ4n) is 2.72. The second kappa shape index (κ2) is 6.52. The molecular weight excluding hydrogens is 266 g/mol. The summed E-state index contributed by atoms with van der Waals surface area (Å²) in [7, 11) is 0. The molecule has 21 heavy (non-hydrogen) atoms. The zero-order valence-electron chi connectivity index (χ0n) is 13.5. The van der Waals surface area contributed by atoms with E-state index in [1.807, 2.05) is 33.0 Å². The third-order valence-electron chi connectivity index (χ3n) is 3.87. The second-order valence-corrected chi connectivity index (χ2v) is 6.83. The number of hydrogen-bond donors (Lipinski definition) is 2. The highest BCUT2D eigenvalue weighted by atomic mass is 16.6. The maximum Gasteiger partial charge on any atom is 0.407 e.